The van der Waals surface area contributed by atoms with Gasteiger partial charge in [-0.15, -0.1) is 0 Å². The molecule has 0 radical (unpaired) electrons. The molecule has 0 spiro atoms. The number of ketones is 1. The molecule has 0 fully saturated rings. The molecule has 1 nitrogen and oxygen atoms in total. The molecule has 0 aliphatic carbocycles. The number of fused-ring (bicyclic) bond motifs is 1. The van der Waals surface area contributed by atoms with Crippen molar-refractivity contribution >= 4 is 48.4 Å². The van der Waals surface area contributed by atoms with Gasteiger partial charge in [0.25, 0.3) is 0 Å². The molecule has 0 atom stereocenters. The third-order valence-corrected chi connectivity index (χ3v) is 4.22. The fraction of sp³-hybridized carbons (Fsp3) is 0. The van der Waals surface area contributed by atoms with Crippen molar-refractivity contribution in [1.82, 2.24) is 0 Å². The summed E-state index contributed by atoms with van der Waals surface area (Å²) in [5, 5.41) is 1.97. The Hall–Kier alpha value is -1.52. The van der Waals surface area contributed by atoms with Gasteiger partial charge in [0.15, 0.2) is 5.78 Å². The molecule has 0 unspecified atom stereocenters. The Kier molecular flexibility index (Phi) is 3.91. The number of halogens is 3. The summed E-state index contributed by atoms with van der Waals surface area (Å²) in [6, 6.07) is 15.5. The standard InChI is InChI=1S/C17H9Br2FO/c18-13-4-3-10-7-12(2-1-11(10)8-13)17(21)15-9-14(19)5-6-16(15)20/h1-9H. The minimum atomic E-state index is -0.515. The second-order valence-electron chi connectivity index (χ2n) is 4.66. The van der Waals surface area contributed by atoms with E-state index >= 15 is 0 Å². The predicted octanol–water partition coefficient (Wildman–Crippen LogP) is 5.73. The van der Waals surface area contributed by atoms with Crippen LogP contribution >= 0.6 is 31.9 Å². The summed E-state index contributed by atoms with van der Waals surface area (Å²) >= 11 is 6.67. The molecular weight excluding hydrogens is 399 g/mol. The van der Waals surface area contributed by atoms with Gasteiger partial charge in [-0.2, -0.15) is 0 Å². The molecule has 0 N–H and O–H groups in total. The lowest BCUT2D eigenvalue weighted by atomic mass is 10.00. The van der Waals surface area contributed by atoms with Crippen LogP contribution in [0.2, 0.25) is 0 Å². The SMILES string of the molecule is O=C(c1ccc2cc(Br)ccc2c1)c1cc(Br)ccc1F. The Bertz CT molecular complexity index is 859. The Morgan fingerprint density at radius 2 is 1.43 bits per heavy atom. The molecule has 0 heterocycles. The van der Waals surface area contributed by atoms with Gasteiger partial charge in [-0.3, -0.25) is 4.79 Å². The summed E-state index contributed by atoms with van der Waals surface area (Å²) in [5.74, 6) is -0.835. The molecule has 104 valence electrons. The van der Waals surface area contributed by atoms with Crippen LogP contribution in [0.1, 0.15) is 15.9 Å². The molecule has 0 aromatic heterocycles. The molecule has 0 amide bonds. The van der Waals surface area contributed by atoms with E-state index in [1.165, 1.54) is 12.1 Å². The van der Waals surface area contributed by atoms with Crippen molar-refractivity contribution < 1.29 is 9.18 Å². The third-order valence-electron chi connectivity index (χ3n) is 3.24. The van der Waals surface area contributed by atoms with Gasteiger partial charge >= 0.3 is 0 Å². The van der Waals surface area contributed by atoms with Gasteiger partial charge < -0.3 is 0 Å². The lowest BCUT2D eigenvalue weighted by molar-refractivity contribution is 0.103. The van der Waals surface area contributed by atoms with Gasteiger partial charge in [0.05, 0.1) is 5.56 Å². The third kappa shape index (κ3) is 2.92. The molecule has 3 rings (SSSR count). The Morgan fingerprint density at radius 1 is 0.810 bits per heavy atom. The van der Waals surface area contributed by atoms with Crippen LogP contribution in [-0.2, 0) is 0 Å². The lowest BCUT2D eigenvalue weighted by Crippen LogP contribution is -2.04. The lowest BCUT2D eigenvalue weighted by Gasteiger charge is -2.06. The minimum absolute atomic E-state index is 0.0702. The van der Waals surface area contributed by atoms with Crippen LogP contribution in [-0.4, -0.2) is 5.78 Å². The van der Waals surface area contributed by atoms with E-state index in [4.69, 9.17) is 0 Å². The van der Waals surface area contributed by atoms with E-state index in [1.54, 1.807) is 18.2 Å². The predicted molar refractivity (Wildman–Crippen MR) is 89.2 cm³/mol. The Morgan fingerprint density at radius 3 is 2.24 bits per heavy atom. The first-order chi connectivity index (χ1) is 10.0. The molecule has 0 saturated carbocycles. The first-order valence-electron chi connectivity index (χ1n) is 6.24. The highest BCUT2D eigenvalue weighted by molar-refractivity contribution is 9.10. The van der Waals surface area contributed by atoms with Gasteiger partial charge in [0, 0.05) is 14.5 Å². The second-order valence-corrected chi connectivity index (χ2v) is 6.49. The van der Waals surface area contributed by atoms with Crippen molar-refractivity contribution in [2.75, 3.05) is 0 Å². The Labute approximate surface area is 138 Å². The summed E-state index contributed by atoms with van der Waals surface area (Å²) < 4.78 is 15.5. The number of hydrogen-bond acceptors (Lipinski definition) is 1. The normalized spacial score (nSPS) is 10.8. The van der Waals surface area contributed by atoms with E-state index < -0.39 is 5.82 Å². The first kappa shape index (κ1) is 14.4. The topological polar surface area (TPSA) is 17.1 Å². The molecule has 0 aliphatic rings. The average molecular weight is 408 g/mol. The van der Waals surface area contributed by atoms with Crippen LogP contribution in [0.25, 0.3) is 10.8 Å². The van der Waals surface area contributed by atoms with Crippen LogP contribution in [0.3, 0.4) is 0 Å². The summed E-state index contributed by atoms with van der Waals surface area (Å²) in [6.07, 6.45) is 0. The van der Waals surface area contributed by atoms with Crippen LogP contribution in [0.15, 0.2) is 63.5 Å². The molecule has 0 bridgehead atoms. The van der Waals surface area contributed by atoms with Crippen LogP contribution in [0, 0.1) is 5.82 Å². The number of rotatable bonds is 2. The van der Waals surface area contributed by atoms with Gasteiger partial charge in [-0.25, -0.2) is 4.39 Å². The highest BCUT2D eigenvalue weighted by Gasteiger charge is 2.14. The van der Waals surface area contributed by atoms with E-state index in [9.17, 15) is 9.18 Å². The molecular formula is C17H9Br2FO. The smallest absolute Gasteiger partial charge is 0.196 e. The minimum Gasteiger partial charge on any atom is -0.288 e. The van der Waals surface area contributed by atoms with E-state index in [2.05, 4.69) is 31.9 Å². The molecule has 4 heteroatoms. The summed E-state index contributed by atoms with van der Waals surface area (Å²) in [6.45, 7) is 0. The molecule has 21 heavy (non-hydrogen) atoms. The van der Waals surface area contributed by atoms with Crippen molar-refractivity contribution in [3.05, 3.63) is 80.5 Å². The molecule has 3 aromatic rings. The largest absolute Gasteiger partial charge is 0.288 e. The number of hydrogen-bond donors (Lipinski definition) is 0. The van der Waals surface area contributed by atoms with E-state index in [-0.39, 0.29) is 11.3 Å². The number of benzene rings is 3. The zero-order chi connectivity index (χ0) is 15.0. The summed E-state index contributed by atoms with van der Waals surface area (Å²) in [7, 11) is 0. The summed E-state index contributed by atoms with van der Waals surface area (Å²) in [5.41, 5.74) is 0.544. The highest BCUT2D eigenvalue weighted by atomic mass is 79.9. The second kappa shape index (κ2) is 5.70. The van der Waals surface area contributed by atoms with E-state index in [1.807, 2.05) is 24.3 Å². The van der Waals surface area contributed by atoms with Gasteiger partial charge in [-0.05, 0) is 47.2 Å². The maximum absolute atomic E-state index is 13.8. The zero-order valence-corrected chi connectivity index (χ0v) is 13.9. The van der Waals surface area contributed by atoms with Crippen LogP contribution in [0.4, 0.5) is 4.39 Å². The van der Waals surface area contributed by atoms with Gasteiger partial charge in [0.1, 0.15) is 5.82 Å². The molecule has 0 aliphatic heterocycles. The van der Waals surface area contributed by atoms with Crippen molar-refractivity contribution in [3.63, 3.8) is 0 Å². The average Bonchev–Trinajstić information content (AvgIpc) is 2.48. The molecule has 3 aromatic carbocycles. The fourth-order valence-electron chi connectivity index (χ4n) is 2.18. The van der Waals surface area contributed by atoms with E-state index in [0.717, 1.165) is 15.2 Å². The number of carbonyl (C=O) groups is 1. The van der Waals surface area contributed by atoms with Crippen molar-refractivity contribution in [2.24, 2.45) is 0 Å². The van der Waals surface area contributed by atoms with E-state index in [0.29, 0.717) is 10.0 Å². The monoisotopic (exact) mass is 406 g/mol. The van der Waals surface area contributed by atoms with Crippen molar-refractivity contribution in [3.8, 4) is 0 Å². The van der Waals surface area contributed by atoms with Crippen LogP contribution in [0.5, 0.6) is 0 Å². The van der Waals surface area contributed by atoms with Gasteiger partial charge in [-0.1, -0.05) is 50.1 Å². The maximum atomic E-state index is 13.8. The van der Waals surface area contributed by atoms with Crippen molar-refractivity contribution in [2.45, 2.75) is 0 Å². The maximum Gasteiger partial charge on any atom is 0.196 e. The molecule has 0 saturated heterocycles. The highest BCUT2D eigenvalue weighted by Crippen LogP contribution is 2.24. The quantitative estimate of drug-likeness (QED) is 0.495. The van der Waals surface area contributed by atoms with Gasteiger partial charge in [0.2, 0.25) is 0 Å². The van der Waals surface area contributed by atoms with Crippen LogP contribution < -0.4 is 0 Å². The number of carbonyl (C=O) groups excluding carboxylic acids is 1. The first-order valence-corrected chi connectivity index (χ1v) is 7.82. The zero-order valence-electron chi connectivity index (χ0n) is 10.7. The Balaban J connectivity index is 2.09. The van der Waals surface area contributed by atoms with Crippen molar-refractivity contribution in [1.29, 1.82) is 0 Å². The fourth-order valence-corrected chi connectivity index (χ4v) is 2.92. The summed E-state index contributed by atoms with van der Waals surface area (Å²) in [4.78, 5) is 12.5.